The fourth-order valence-corrected chi connectivity index (χ4v) is 5.26. The van der Waals surface area contributed by atoms with E-state index in [4.69, 9.17) is 14.2 Å². The van der Waals surface area contributed by atoms with Crippen molar-refractivity contribution in [3.05, 3.63) is 65.5 Å². The molecular weight excluding hydrogens is 548 g/mol. The number of hydrogen-bond donors (Lipinski definition) is 0. The van der Waals surface area contributed by atoms with Crippen LogP contribution in [0, 0.1) is 35.2 Å². The second-order valence-electron chi connectivity index (χ2n) is 10.3. The van der Waals surface area contributed by atoms with Crippen LogP contribution in [0.3, 0.4) is 0 Å². The summed E-state index contributed by atoms with van der Waals surface area (Å²) in [5, 5.41) is 0. The second kappa shape index (κ2) is 12.5. The molecule has 0 aromatic heterocycles. The van der Waals surface area contributed by atoms with E-state index in [1.54, 1.807) is 0 Å². The van der Waals surface area contributed by atoms with E-state index in [9.17, 15) is 35.1 Å². The van der Waals surface area contributed by atoms with Crippen molar-refractivity contribution in [2.45, 2.75) is 64.0 Å². The molecule has 2 fully saturated rings. The fourth-order valence-electron chi connectivity index (χ4n) is 5.26. The van der Waals surface area contributed by atoms with Crippen molar-refractivity contribution in [2.75, 3.05) is 13.2 Å². The Bertz CT molecular complexity index is 1160. The lowest BCUT2D eigenvalue weighted by Gasteiger charge is -2.39. The van der Waals surface area contributed by atoms with Crippen LogP contribution in [0.1, 0.15) is 51.0 Å². The number of ether oxygens (including phenoxy) is 3. The average molecular weight is 579 g/mol. The van der Waals surface area contributed by atoms with E-state index in [0.29, 0.717) is 50.2 Å². The molecule has 1 saturated heterocycles. The molecule has 0 radical (unpaired) electrons. The zero-order valence-corrected chi connectivity index (χ0v) is 21.8. The molecule has 0 spiro atoms. The van der Waals surface area contributed by atoms with Crippen molar-refractivity contribution in [2.24, 2.45) is 17.8 Å². The van der Waals surface area contributed by atoms with E-state index >= 15 is 0 Å². The Hall–Kier alpha value is -2.66. The molecule has 0 atom stereocenters. The number of rotatable bonds is 8. The number of alkyl halides is 5. The van der Waals surface area contributed by atoms with Gasteiger partial charge in [-0.05, 0) is 75.3 Å². The number of halogens is 8. The van der Waals surface area contributed by atoms with Gasteiger partial charge in [-0.3, -0.25) is 0 Å². The smallest absolute Gasteiger partial charge is 0.422 e. The Morgan fingerprint density at radius 3 is 2.05 bits per heavy atom. The molecule has 2 aromatic rings. The molecule has 11 heteroatoms. The Balaban J connectivity index is 1.34. The third kappa shape index (κ3) is 7.15. The van der Waals surface area contributed by atoms with Crippen LogP contribution in [0.15, 0.2) is 42.5 Å². The fraction of sp³-hybridized carbons (Fsp3) is 0.517. The van der Waals surface area contributed by atoms with Crippen LogP contribution < -0.4 is 4.74 Å². The van der Waals surface area contributed by atoms with Crippen LogP contribution in [-0.2, 0) is 15.7 Å². The van der Waals surface area contributed by atoms with E-state index in [-0.39, 0.29) is 18.8 Å². The van der Waals surface area contributed by atoms with Gasteiger partial charge in [-0.1, -0.05) is 12.2 Å². The Morgan fingerprint density at radius 2 is 1.50 bits per heavy atom. The summed E-state index contributed by atoms with van der Waals surface area (Å²) < 4.78 is 127. The molecule has 3 nitrogen and oxygen atoms in total. The summed E-state index contributed by atoms with van der Waals surface area (Å²) in [6, 6.07) is 3.17. The Kier molecular flexibility index (Phi) is 9.44. The summed E-state index contributed by atoms with van der Waals surface area (Å²) in [6.07, 6.45) is -2.22. The third-order valence-corrected chi connectivity index (χ3v) is 7.43. The van der Waals surface area contributed by atoms with Gasteiger partial charge in [-0.2, -0.15) is 22.0 Å². The van der Waals surface area contributed by atoms with Crippen molar-refractivity contribution >= 4 is 0 Å². The van der Waals surface area contributed by atoms with Crippen LogP contribution in [0.25, 0.3) is 11.1 Å². The molecule has 0 unspecified atom stereocenters. The van der Waals surface area contributed by atoms with Gasteiger partial charge in [0.25, 0.3) is 0 Å². The normalized spacial score (nSPS) is 24.4. The summed E-state index contributed by atoms with van der Waals surface area (Å²) in [4.78, 5) is 0. The lowest BCUT2D eigenvalue weighted by atomic mass is 9.80. The second-order valence-corrected chi connectivity index (χ2v) is 10.3. The zero-order valence-electron chi connectivity index (χ0n) is 21.8. The average Bonchev–Trinajstić information content (AvgIpc) is 2.88. The minimum absolute atomic E-state index is 0.0233. The number of allylic oxidation sites excluding steroid dienone is 2. The quantitative estimate of drug-likeness (QED) is 0.231. The van der Waals surface area contributed by atoms with Crippen molar-refractivity contribution in [3.8, 4) is 16.9 Å². The summed E-state index contributed by atoms with van der Waals surface area (Å²) in [5.74, 6) is -6.41. The van der Waals surface area contributed by atoms with Gasteiger partial charge in [0.1, 0.15) is 28.8 Å². The van der Waals surface area contributed by atoms with Crippen molar-refractivity contribution < 1.29 is 49.3 Å². The highest BCUT2D eigenvalue weighted by molar-refractivity contribution is 5.66. The van der Waals surface area contributed by atoms with E-state index < -0.39 is 64.4 Å². The van der Waals surface area contributed by atoms with Gasteiger partial charge in [0.2, 0.25) is 0 Å². The SMILES string of the molecule is C/C=C/CCC1COC(C2CCC(C(F)(F)Oc3ccc(-c4cc(F)c(C(F)(F)F)c(F)c4)c(F)c3)CC2)OC1. The summed E-state index contributed by atoms with van der Waals surface area (Å²) in [7, 11) is 0. The summed E-state index contributed by atoms with van der Waals surface area (Å²) >= 11 is 0. The summed E-state index contributed by atoms with van der Waals surface area (Å²) in [6.45, 7) is 3.09. The first-order chi connectivity index (χ1) is 18.9. The molecule has 1 saturated carbocycles. The highest BCUT2D eigenvalue weighted by atomic mass is 19.4. The summed E-state index contributed by atoms with van der Waals surface area (Å²) in [5.41, 5.74) is -3.09. The molecular formula is C29H30F8O3. The predicted octanol–water partition coefficient (Wildman–Crippen LogP) is 8.91. The molecule has 4 rings (SSSR count). The van der Waals surface area contributed by atoms with Crippen molar-refractivity contribution in [1.82, 2.24) is 0 Å². The largest absolute Gasteiger partial charge is 0.432 e. The molecule has 1 aliphatic heterocycles. The number of hydrogen-bond acceptors (Lipinski definition) is 3. The van der Waals surface area contributed by atoms with Crippen LogP contribution >= 0.6 is 0 Å². The highest BCUT2D eigenvalue weighted by Crippen LogP contribution is 2.43. The monoisotopic (exact) mass is 578 g/mol. The van der Waals surface area contributed by atoms with Crippen molar-refractivity contribution in [1.29, 1.82) is 0 Å². The molecule has 40 heavy (non-hydrogen) atoms. The van der Waals surface area contributed by atoms with E-state index in [1.165, 1.54) is 0 Å². The van der Waals surface area contributed by atoms with E-state index in [1.807, 2.05) is 13.0 Å². The Morgan fingerprint density at radius 1 is 0.875 bits per heavy atom. The molecule has 220 valence electrons. The minimum atomic E-state index is -5.28. The standard InChI is InChI=1S/C29H30F8O3/c1-2-3-4-5-17-15-38-27(39-16-17)18-6-8-20(9-7-18)29(36,37)40-21-10-11-22(23(30)14-21)19-12-24(31)26(25(32)13-19)28(33,34)35/h2-3,10-14,17-18,20,27H,4-9,15-16H2,1H3/b3-2+. The molecule has 0 N–H and O–H groups in total. The molecule has 1 aliphatic carbocycles. The van der Waals surface area contributed by atoms with E-state index in [0.717, 1.165) is 25.0 Å². The van der Waals surface area contributed by atoms with Gasteiger partial charge < -0.3 is 14.2 Å². The van der Waals surface area contributed by atoms with Gasteiger partial charge in [-0.15, -0.1) is 0 Å². The molecule has 2 aliphatic rings. The van der Waals surface area contributed by atoms with E-state index in [2.05, 4.69) is 6.08 Å². The molecule has 2 aromatic carbocycles. The molecule has 0 amide bonds. The first-order valence-corrected chi connectivity index (χ1v) is 13.2. The van der Waals surface area contributed by atoms with Crippen molar-refractivity contribution in [3.63, 3.8) is 0 Å². The van der Waals surface area contributed by atoms with Gasteiger partial charge in [0.15, 0.2) is 6.29 Å². The third-order valence-electron chi connectivity index (χ3n) is 7.43. The highest BCUT2D eigenvalue weighted by Gasteiger charge is 2.46. The maximum atomic E-state index is 15.0. The van der Waals surface area contributed by atoms with Crippen LogP contribution in [0.5, 0.6) is 5.75 Å². The first-order valence-electron chi connectivity index (χ1n) is 13.2. The lowest BCUT2D eigenvalue weighted by molar-refractivity contribution is -0.247. The Labute approximate surface area is 227 Å². The zero-order chi connectivity index (χ0) is 29.1. The first kappa shape index (κ1) is 30.3. The van der Waals surface area contributed by atoms with Crippen LogP contribution in [0.2, 0.25) is 0 Å². The molecule has 0 bridgehead atoms. The predicted molar refractivity (Wildman–Crippen MR) is 131 cm³/mol. The maximum Gasteiger partial charge on any atom is 0.422 e. The topological polar surface area (TPSA) is 27.7 Å². The maximum absolute atomic E-state index is 15.0. The van der Waals surface area contributed by atoms with Gasteiger partial charge in [0, 0.05) is 23.5 Å². The van der Waals surface area contributed by atoms with Crippen LogP contribution in [0.4, 0.5) is 35.1 Å². The van der Waals surface area contributed by atoms with Crippen LogP contribution in [-0.4, -0.2) is 25.6 Å². The number of benzene rings is 2. The van der Waals surface area contributed by atoms with Gasteiger partial charge >= 0.3 is 12.3 Å². The van der Waals surface area contributed by atoms with Gasteiger partial charge in [0.05, 0.1) is 19.1 Å². The lowest BCUT2D eigenvalue weighted by Crippen LogP contribution is -2.42. The minimum Gasteiger partial charge on any atom is -0.432 e. The molecule has 1 heterocycles. The van der Waals surface area contributed by atoms with Gasteiger partial charge in [-0.25, -0.2) is 13.2 Å².